The van der Waals surface area contributed by atoms with Crippen molar-refractivity contribution < 1.29 is 4.42 Å². The maximum absolute atomic E-state index is 6.26. The van der Waals surface area contributed by atoms with Gasteiger partial charge in [0.2, 0.25) is 0 Å². The second kappa shape index (κ2) is 5.20. The minimum absolute atomic E-state index is 0.320. The van der Waals surface area contributed by atoms with Crippen LogP contribution in [0.1, 0.15) is 31.0 Å². The van der Waals surface area contributed by atoms with Gasteiger partial charge in [0.05, 0.1) is 11.4 Å². The molecule has 0 saturated heterocycles. The second-order valence-electron chi connectivity index (χ2n) is 6.23. The highest BCUT2D eigenvalue weighted by atomic mass is 16.3. The fourth-order valence-electron chi connectivity index (χ4n) is 2.98. The van der Waals surface area contributed by atoms with Crippen molar-refractivity contribution in [1.82, 2.24) is 9.97 Å². The summed E-state index contributed by atoms with van der Waals surface area (Å²) in [6.07, 6.45) is 3.75. The number of hydrogen-bond donors (Lipinski definition) is 0. The molecule has 0 aliphatic heterocycles. The fourth-order valence-corrected chi connectivity index (χ4v) is 2.98. The monoisotopic (exact) mass is 302 g/mol. The zero-order chi connectivity index (χ0) is 16.0. The minimum Gasteiger partial charge on any atom is -0.453 e. The Bertz CT molecular complexity index is 997. The molecule has 0 aliphatic rings. The van der Waals surface area contributed by atoms with Gasteiger partial charge < -0.3 is 4.42 Å². The average molecular weight is 302 g/mol. The van der Waals surface area contributed by atoms with Gasteiger partial charge in [-0.15, -0.1) is 0 Å². The van der Waals surface area contributed by atoms with Crippen LogP contribution in [0.2, 0.25) is 0 Å². The predicted octanol–water partition coefficient (Wildman–Crippen LogP) is 5.47. The Morgan fingerprint density at radius 3 is 2.48 bits per heavy atom. The van der Waals surface area contributed by atoms with Crippen molar-refractivity contribution in [3.05, 3.63) is 60.0 Å². The van der Waals surface area contributed by atoms with E-state index in [4.69, 9.17) is 4.42 Å². The first-order valence-corrected chi connectivity index (χ1v) is 7.88. The Morgan fingerprint density at radius 1 is 0.913 bits per heavy atom. The summed E-state index contributed by atoms with van der Waals surface area (Å²) in [5.41, 5.74) is 5.87. The number of hydrogen-bond acceptors (Lipinski definition) is 3. The number of benzene rings is 1. The van der Waals surface area contributed by atoms with E-state index >= 15 is 0 Å². The number of rotatable bonds is 2. The van der Waals surface area contributed by atoms with Crippen LogP contribution in [0.4, 0.5) is 0 Å². The summed E-state index contributed by atoms with van der Waals surface area (Å²) in [5, 5.41) is 2.23. The molecule has 0 fully saturated rings. The van der Waals surface area contributed by atoms with Gasteiger partial charge in [0, 0.05) is 28.7 Å². The van der Waals surface area contributed by atoms with Crippen LogP contribution in [0.5, 0.6) is 0 Å². The number of aryl methyl sites for hydroxylation is 1. The van der Waals surface area contributed by atoms with Gasteiger partial charge in [-0.25, -0.2) is 0 Å². The molecule has 23 heavy (non-hydrogen) atoms. The lowest BCUT2D eigenvalue weighted by Gasteiger charge is -2.03. The highest BCUT2D eigenvalue weighted by Crippen LogP contribution is 2.37. The Kier molecular flexibility index (Phi) is 3.15. The van der Waals surface area contributed by atoms with Crippen LogP contribution < -0.4 is 0 Å². The summed E-state index contributed by atoms with van der Waals surface area (Å²) in [5.74, 6) is 0.320. The first-order valence-electron chi connectivity index (χ1n) is 7.88. The van der Waals surface area contributed by atoms with Crippen LogP contribution in [0.25, 0.3) is 33.2 Å². The van der Waals surface area contributed by atoms with Crippen LogP contribution in [0.15, 0.2) is 53.2 Å². The van der Waals surface area contributed by atoms with Crippen LogP contribution in [0, 0.1) is 6.92 Å². The molecule has 0 aliphatic carbocycles. The van der Waals surface area contributed by atoms with Crippen LogP contribution in [-0.2, 0) is 0 Å². The maximum atomic E-state index is 6.26. The normalized spacial score (nSPS) is 11.7. The van der Waals surface area contributed by atoms with E-state index in [0.717, 1.165) is 44.5 Å². The summed E-state index contributed by atoms with van der Waals surface area (Å²) >= 11 is 0. The third-order valence-corrected chi connectivity index (χ3v) is 4.18. The van der Waals surface area contributed by atoms with Gasteiger partial charge in [0.15, 0.2) is 5.58 Å². The molecule has 114 valence electrons. The fraction of sp³-hybridized carbons (Fsp3) is 0.200. The van der Waals surface area contributed by atoms with E-state index in [1.807, 2.05) is 31.5 Å². The molecular formula is C20H18N2O. The van der Waals surface area contributed by atoms with E-state index in [2.05, 4.69) is 48.1 Å². The van der Waals surface area contributed by atoms with Crippen molar-refractivity contribution in [2.45, 2.75) is 26.7 Å². The molecule has 0 amide bonds. The van der Waals surface area contributed by atoms with Gasteiger partial charge >= 0.3 is 0 Å². The van der Waals surface area contributed by atoms with Crippen LogP contribution >= 0.6 is 0 Å². The van der Waals surface area contributed by atoms with Crippen molar-refractivity contribution in [2.75, 3.05) is 0 Å². The molecule has 0 spiro atoms. The van der Waals surface area contributed by atoms with E-state index in [1.165, 1.54) is 0 Å². The molecule has 3 heterocycles. The molecule has 1 aromatic carbocycles. The van der Waals surface area contributed by atoms with Gasteiger partial charge in [-0.05, 0) is 36.6 Å². The van der Waals surface area contributed by atoms with Crippen molar-refractivity contribution in [1.29, 1.82) is 0 Å². The quantitative estimate of drug-likeness (QED) is 0.492. The van der Waals surface area contributed by atoms with Crippen LogP contribution in [-0.4, -0.2) is 9.97 Å². The van der Waals surface area contributed by atoms with Gasteiger partial charge in [-0.2, -0.15) is 0 Å². The summed E-state index contributed by atoms with van der Waals surface area (Å²) in [4.78, 5) is 9.06. The van der Waals surface area contributed by atoms with Crippen molar-refractivity contribution in [2.24, 2.45) is 0 Å². The molecule has 3 aromatic heterocycles. The minimum atomic E-state index is 0.320. The largest absolute Gasteiger partial charge is 0.453 e. The van der Waals surface area contributed by atoms with E-state index in [0.29, 0.717) is 5.92 Å². The summed E-state index contributed by atoms with van der Waals surface area (Å²) in [6, 6.07) is 12.4. The lowest BCUT2D eigenvalue weighted by molar-refractivity contribution is 0.651. The van der Waals surface area contributed by atoms with Gasteiger partial charge in [0.1, 0.15) is 5.58 Å². The van der Waals surface area contributed by atoms with Gasteiger partial charge in [0.25, 0.3) is 0 Å². The lowest BCUT2D eigenvalue weighted by Crippen LogP contribution is -1.91. The SMILES string of the molecule is Cc1ccc(-c2cccc3c2oc2c(C(C)C)nccc23)nc1. The summed E-state index contributed by atoms with van der Waals surface area (Å²) in [7, 11) is 0. The number of pyridine rings is 2. The zero-order valence-electron chi connectivity index (χ0n) is 13.5. The second-order valence-corrected chi connectivity index (χ2v) is 6.23. The number of para-hydroxylation sites is 1. The molecule has 4 aromatic rings. The molecular weight excluding hydrogens is 284 g/mol. The van der Waals surface area contributed by atoms with Gasteiger partial charge in [-0.1, -0.05) is 32.0 Å². The molecule has 0 bridgehead atoms. The molecule has 0 N–H and O–H groups in total. The average Bonchev–Trinajstić information content (AvgIpc) is 2.94. The summed E-state index contributed by atoms with van der Waals surface area (Å²) < 4.78 is 6.26. The Morgan fingerprint density at radius 2 is 1.74 bits per heavy atom. The molecule has 4 rings (SSSR count). The molecule has 0 radical (unpaired) electrons. The molecule has 0 saturated carbocycles. The topological polar surface area (TPSA) is 38.9 Å². The first-order chi connectivity index (χ1) is 11.1. The van der Waals surface area contributed by atoms with Crippen molar-refractivity contribution in [3.8, 4) is 11.3 Å². The van der Waals surface area contributed by atoms with Crippen LogP contribution in [0.3, 0.4) is 0 Å². The predicted molar refractivity (Wildman–Crippen MR) is 93.6 cm³/mol. The smallest absolute Gasteiger partial charge is 0.157 e. The van der Waals surface area contributed by atoms with Crippen molar-refractivity contribution in [3.63, 3.8) is 0 Å². The molecule has 0 unspecified atom stereocenters. The number of fused-ring (bicyclic) bond motifs is 3. The van der Waals surface area contributed by atoms with E-state index in [9.17, 15) is 0 Å². The van der Waals surface area contributed by atoms with E-state index in [1.54, 1.807) is 0 Å². The first kappa shape index (κ1) is 13.9. The third kappa shape index (κ3) is 2.20. The standard InChI is InChI=1S/C20H18N2O/c1-12(2)18-20-15(9-10-21-18)14-5-4-6-16(19(14)23-20)17-8-7-13(3)11-22-17/h4-12H,1-3H3. The number of nitrogens with zero attached hydrogens (tertiary/aromatic N) is 2. The Hall–Kier alpha value is -2.68. The van der Waals surface area contributed by atoms with Crippen molar-refractivity contribution >= 4 is 21.9 Å². The summed E-state index contributed by atoms with van der Waals surface area (Å²) in [6.45, 7) is 6.31. The maximum Gasteiger partial charge on any atom is 0.157 e. The highest BCUT2D eigenvalue weighted by Gasteiger charge is 2.16. The Balaban J connectivity index is 2.06. The van der Waals surface area contributed by atoms with Gasteiger partial charge in [-0.3, -0.25) is 9.97 Å². The van der Waals surface area contributed by atoms with E-state index < -0.39 is 0 Å². The molecule has 3 nitrogen and oxygen atoms in total. The van der Waals surface area contributed by atoms with E-state index in [-0.39, 0.29) is 0 Å². The lowest BCUT2D eigenvalue weighted by atomic mass is 10.0. The highest BCUT2D eigenvalue weighted by molar-refractivity contribution is 6.09. The number of aromatic nitrogens is 2. The number of furan rings is 1. The zero-order valence-corrected chi connectivity index (χ0v) is 13.5. The Labute approximate surface area is 135 Å². The third-order valence-electron chi connectivity index (χ3n) is 4.18. The molecule has 0 atom stereocenters. The molecule has 3 heteroatoms.